The monoisotopic (exact) mass is 228 g/mol. The zero-order valence-electron chi connectivity index (χ0n) is 8.75. The first-order chi connectivity index (χ1) is 8.27. The third kappa shape index (κ3) is 1.44. The van der Waals surface area contributed by atoms with Crippen LogP contribution in [-0.2, 0) is 16.2 Å². The maximum atomic E-state index is 11.0. The van der Waals surface area contributed by atoms with Gasteiger partial charge >= 0.3 is 5.97 Å². The molecular weight excluding hydrogens is 220 g/mol. The number of aromatic nitrogens is 1. The van der Waals surface area contributed by atoms with Crippen molar-refractivity contribution in [2.24, 2.45) is 5.16 Å². The Morgan fingerprint density at radius 3 is 3.06 bits per heavy atom. The highest BCUT2D eigenvalue weighted by Crippen LogP contribution is 2.25. The van der Waals surface area contributed by atoms with Crippen LogP contribution >= 0.6 is 0 Å². The van der Waals surface area contributed by atoms with Crippen molar-refractivity contribution in [1.82, 2.24) is 4.98 Å². The van der Waals surface area contributed by atoms with Crippen LogP contribution in [0.3, 0.4) is 0 Å². The van der Waals surface area contributed by atoms with Gasteiger partial charge in [0.25, 0.3) is 0 Å². The van der Waals surface area contributed by atoms with E-state index in [0.29, 0.717) is 5.56 Å². The summed E-state index contributed by atoms with van der Waals surface area (Å²) in [6, 6.07) is 7.35. The number of rotatable bonds is 1. The SMILES string of the molecule is O=C(O)C1=NOCc2c1ccc1cccnc21. The van der Waals surface area contributed by atoms with E-state index in [1.54, 1.807) is 12.3 Å². The average molecular weight is 228 g/mol. The molecule has 0 spiro atoms. The van der Waals surface area contributed by atoms with Crippen LogP contribution in [0.2, 0.25) is 0 Å². The number of carboxylic acid groups (broad SMARTS) is 1. The van der Waals surface area contributed by atoms with Gasteiger partial charge in [-0.15, -0.1) is 0 Å². The predicted octanol–water partition coefficient (Wildman–Crippen LogP) is 1.55. The van der Waals surface area contributed by atoms with Gasteiger partial charge in [0.15, 0.2) is 5.71 Å². The number of hydrogen-bond donors (Lipinski definition) is 1. The Kier molecular flexibility index (Phi) is 2.04. The summed E-state index contributed by atoms with van der Waals surface area (Å²) >= 11 is 0. The first-order valence-electron chi connectivity index (χ1n) is 5.07. The van der Waals surface area contributed by atoms with Crippen LogP contribution in [0, 0.1) is 0 Å². The third-order valence-corrected chi connectivity index (χ3v) is 2.70. The van der Waals surface area contributed by atoms with E-state index in [-0.39, 0.29) is 12.3 Å². The largest absolute Gasteiger partial charge is 0.476 e. The molecule has 0 bridgehead atoms. The van der Waals surface area contributed by atoms with Gasteiger partial charge in [-0.05, 0) is 6.07 Å². The Morgan fingerprint density at radius 1 is 1.35 bits per heavy atom. The molecule has 0 fully saturated rings. The van der Waals surface area contributed by atoms with E-state index in [9.17, 15) is 4.79 Å². The van der Waals surface area contributed by atoms with Crippen LogP contribution < -0.4 is 0 Å². The number of benzene rings is 1. The van der Waals surface area contributed by atoms with Crippen molar-refractivity contribution in [3.63, 3.8) is 0 Å². The number of aliphatic carboxylic acids is 1. The Hall–Kier alpha value is -2.43. The van der Waals surface area contributed by atoms with Crippen molar-refractivity contribution in [3.8, 4) is 0 Å². The minimum Gasteiger partial charge on any atom is -0.476 e. The molecule has 0 unspecified atom stereocenters. The fraction of sp³-hybridized carbons (Fsp3) is 0.0833. The molecule has 0 amide bonds. The normalized spacial score (nSPS) is 13.8. The topological polar surface area (TPSA) is 71.8 Å². The molecule has 0 saturated heterocycles. The van der Waals surface area contributed by atoms with Crippen LogP contribution in [0.1, 0.15) is 11.1 Å². The molecule has 1 N–H and O–H groups in total. The van der Waals surface area contributed by atoms with E-state index < -0.39 is 5.97 Å². The Labute approximate surface area is 96.3 Å². The maximum absolute atomic E-state index is 11.0. The van der Waals surface area contributed by atoms with E-state index in [1.807, 2.05) is 18.2 Å². The highest BCUT2D eigenvalue weighted by molar-refractivity contribution is 6.43. The van der Waals surface area contributed by atoms with Gasteiger partial charge in [-0.1, -0.05) is 23.4 Å². The molecule has 1 aliphatic rings. The third-order valence-electron chi connectivity index (χ3n) is 2.70. The van der Waals surface area contributed by atoms with Gasteiger partial charge in [-0.25, -0.2) is 4.79 Å². The van der Waals surface area contributed by atoms with Crippen molar-refractivity contribution < 1.29 is 14.7 Å². The lowest BCUT2D eigenvalue weighted by Crippen LogP contribution is -2.20. The maximum Gasteiger partial charge on any atom is 0.358 e. The summed E-state index contributed by atoms with van der Waals surface area (Å²) in [6.45, 7) is 0.250. The molecule has 84 valence electrons. The lowest BCUT2D eigenvalue weighted by atomic mass is 9.99. The fourth-order valence-corrected chi connectivity index (χ4v) is 1.94. The number of fused-ring (bicyclic) bond motifs is 3. The standard InChI is InChI=1S/C12H8N2O3/c15-12(16)11-8-4-3-7-2-1-5-13-10(7)9(8)6-17-14-11/h1-5H,6H2,(H,15,16). The van der Waals surface area contributed by atoms with Crippen molar-refractivity contribution in [3.05, 3.63) is 41.6 Å². The molecule has 0 saturated carbocycles. The summed E-state index contributed by atoms with van der Waals surface area (Å²) in [7, 11) is 0. The molecule has 0 aliphatic carbocycles. The van der Waals surface area contributed by atoms with Crippen molar-refractivity contribution in [1.29, 1.82) is 0 Å². The summed E-state index contributed by atoms with van der Waals surface area (Å²) < 4.78 is 0. The molecule has 0 atom stereocenters. The summed E-state index contributed by atoms with van der Waals surface area (Å²) in [5.74, 6) is -1.10. The van der Waals surface area contributed by atoms with Gasteiger partial charge in [-0.2, -0.15) is 0 Å². The molecule has 0 radical (unpaired) electrons. The smallest absolute Gasteiger partial charge is 0.358 e. The predicted molar refractivity (Wildman–Crippen MR) is 60.7 cm³/mol. The van der Waals surface area contributed by atoms with Gasteiger partial charge in [0, 0.05) is 22.7 Å². The molecule has 1 aromatic carbocycles. The van der Waals surface area contributed by atoms with E-state index in [0.717, 1.165) is 16.5 Å². The lowest BCUT2D eigenvalue weighted by molar-refractivity contribution is -0.129. The second-order valence-electron chi connectivity index (χ2n) is 3.69. The lowest BCUT2D eigenvalue weighted by Gasteiger charge is -2.15. The molecule has 1 aromatic heterocycles. The zero-order valence-corrected chi connectivity index (χ0v) is 8.75. The Morgan fingerprint density at radius 2 is 2.24 bits per heavy atom. The van der Waals surface area contributed by atoms with Crippen LogP contribution in [0.15, 0.2) is 35.6 Å². The first-order valence-corrected chi connectivity index (χ1v) is 5.07. The number of nitrogens with zero attached hydrogens (tertiary/aromatic N) is 2. The van der Waals surface area contributed by atoms with Gasteiger partial charge < -0.3 is 9.94 Å². The molecule has 1 aliphatic heterocycles. The molecule has 17 heavy (non-hydrogen) atoms. The minimum atomic E-state index is -1.10. The van der Waals surface area contributed by atoms with Crippen LogP contribution in [0.5, 0.6) is 0 Å². The highest BCUT2D eigenvalue weighted by atomic mass is 16.6. The quantitative estimate of drug-likeness (QED) is 0.803. The van der Waals surface area contributed by atoms with E-state index >= 15 is 0 Å². The van der Waals surface area contributed by atoms with Crippen molar-refractivity contribution >= 4 is 22.6 Å². The van der Waals surface area contributed by atoms with E-state index in [1.165, 1.54) is 0 Å². The van der Waals surface area contributed by atoms with Crippen LogP contribution in [0.25, 0.3) is 10.9 Å². The number of oxime groups is 1. The summed E-state index contributed by atoms with van der Waals surface area (Å²) in [4.78, 5) is 20.2. The number of pyridine rings is 1. The van der Waals surface area contributed by atoms with Crippen LogP contribution in [-0.4, -0.2) is 21.8 Å². The molecule has 5 heteroatoms. The van der Waals surface area contributed by atoms with Crippen molar-refractivity contribution in [2.45, 2.75) is 6.61 Å². The average Bonchev–Trinajstić information content (AvgIpc) is 2.37. The summed E-state index contributed by atoms with van der Waals surface area (Å²) in [5, 5.41) is 13.6. The molecule has 3 rings (SSSR count). The fourth-order valence-electron chi connectivity index (χ4n) is 1.94. The number of carbonyl (C=O) groups is 1. The highest BCUT2D eigenvalue weighted by Gasteiger charge is 2.23. The minimum absolute atomic E-state index is 0.0706. The number of carboxylic acids is 1. The van der Waals surface area contributed by atoms with E-state index in [4.69, 9.17) is 9.94 Å². The Balaban J connectivity index is 2.32. The molecular formula is C12H8N2O3. The van der Waals surface area contributed by atoms with Gasteiger partial charge in [0.1, 0.15) is 6.61 Å². The van der Waals surface area contributed by atoms with E-state index in [2.05, 4.69) is 10.1 Å². The molecule has 2 aromatic rings. The second-order valence-corrected chi connectivity index (χ2v) is 3.69. The van der Waals surface area contributed by atoms with Crippen molar-refractivity contribution in [2.75, 3.05) is 0 Å². The van der Waals surface area contributed by atoms with Gasteiger partial charge in [0.05, 0.1) is 5.52 Å². The van der Waals surface area contributed by atoms with Crippen LogP contribution in [0.4, 0.5) is 0 Å². The molecule has 5 nitrogen and oxygen atoms in total. The second kappa shape index (κ2) is 3.55. The number of hydrogen-bond acceptors (Lipinski definition) is 4. The molecule has 2 heterocycles. The van der Waals surface area contributed by atoms with Gasteiger partial charge in [0.2, 0.25) is 0 Å². The zero-order chi connectivity index (χ0) is 11.8. The first kappa shape index (κ1) is 9.77. The summed E-state index contributed by atoms with van der Waals surface area (Å²) in [6.07, 6.45) is 1.68. The van der Waals surface area contributed by atoms with Gasteiger partial charge in [-0.3, -0.25) is 4.98 Å². The summed E-state index contributed by atoms with van der Waals surface area (Å²) in [5.41, 5.74) is 2.04. The Bertz CT molecular complexity index is 649.